The van der Waals surface area contributed by atoms with E-state index in [1.165, 1.54) is 0 Å². The summed E-state index contributed by atoms with van der Waals surface area (Å²) < 4.78 is 88.8. The first-order valence-corrected chi connectivity index (χ1v) is 36.4. The Morgan fingerprint density at radius 2 is 0.883 bits per heavy atom. The standard InChI is InChI=1S/C39H65N4O10.C35H57N3O11.HI/c1-6-40-33-41-14-10-15-43(4,5)16-18-47-20-22-49-24-26-51-28-30-52-29-27-50-25-23-48-21-19-46-17-9-11-37(44)36-31-34-12-13-35(42(7-2)8-3)32-38(34)53-39(36)45;1-3-38(4-2)31-8-7-29-27-32(34(40)28-30(29)26-31)33(39)6-5-10-42-12-14-44-16-18-46-20-22-48-24-25-49-23-21-47-19-17-45-15-13-43-11-9-35(41)37-36;/h12-13,31-32H,6-11,14-30H2,1-5H3;7-8,26-27H,3-6,9-25,28,36H2,1-2H3,(H,37,41);1H/q+1;;/p-1. The van der Waals surface area contributed by atoms with Crippen LogP contribution in [0.1, 0.15) is 94.6 Å². The topological polar surface area (TPSA) is 306 Å². The van der Waals surface area contributed by atoms with Crippen LogP contribution in [-0.2, 0) is 91.9 Å². The molecule has 1 heterocycles. The molecule has 1 aromatic heterocycles. The van der Waals surface area contributed by atoms with Crippen molar-refractivity contribution in [2.45, 2.75) is 79.6 Å². The third-order valence-electron chi connectivity index (χ3n) is 15.7. The van der Waals surface area contributed by atoms with Crippen LogP contribution in [0.3, 0.4) is 0 Å². The van der Waals surface area contributed by atoms with Crippen molar-refractivity contribution in [2.75, 3.05) is 274 Å². The van der Waals surface area contributed by atoms with E-state index in [9.17, 15) is 24.0 Å². The Balaban J connectivity index is 0.000000695. The number of nitrogens with one attached hydrogen (secondary N) is 1. The zero-order valence-electron chi connectivity index (χ0n) is 62.7. The van der Waals surface area contributed by atoms with E-state index in [1.807, 2.05) is 36.6 Å². The first-order chi connectivity index (χ1) is 49.8. The van der Waals surface area contributed by atoms with E-state index in [4.69, 9.17) is 81.3 Å². The lowest BCUT2D eigenvalue weighted by atomic mass is 9.88. The van der Waals surface area contributed by atoms with Crippen molar-refractivity contribution >= 4 is 57.7 Å². The van der Waals surface area contributed by atoms with Gasteiger partial charge in [0.15, 0.2) is 17.3 Å². The van der Waals surface area contributed by atoms with Crippen LogP contribution >= 0.6 is 0 Å². The lowest BCUT2D eigenvalue weighted by molar-refractivity contribution is -0.890. The number of nitrogens with zero attached hydrogens (tertiary/aromatic N) is 5. The number of nitrogens with two attached hydrogens (primary N) is 1. The fourth-order valence-corrected chi connectivity index (χ4v) is 9.90. The van der Waals surface area contributed by atoms with Gasteiger partial charge in [0.1, 0.15) is 17.7 Å². The van der Waals surface area contributed by atoms with Crippen LogP contribution in [0.25, 0.3) is 17.0 Å². The minimum atomic E-state index is -0.607. The number of Topliss-reactive ketones (excluding diaryl/α,β-unsaturated/α-hetero) is 3. The van der Waals surface area contributed by atoms with Crippen LogP contribution in [0.5, 0.6) is 0 Å². The molecule has 0 atom stereocenters. The largest absolute Gasteiger partial charge is 1.00 e. The average molecular weight is 1570 g/mol. The van der Waals surface area contributed by atoms with Crippen molar-refractivity contribution in [1.82, 2.24) is 5.43 Å². The van der Waals surface area contributed by atoms with E-state index in [0.29, 0.717) is 222 Å². The van der Waals surface area contributed by atoms with Gasteiger partial charge in [0, 0.05) is 94.4 Å². The number of ether oxygens (including phenoxy) is 15. The molecular formula is C74H122IN7O21. The zero-order chi connectivity index (χ0) is 73.8. The molecule has 2 aromatic carbocycles. The molecular weight excluding hydrogens is 1450 g/mol. The molecule has 0 spiro atoms. The molecule has 3 N–H and O–H groups in total. The van der Waals surface area contributed by atoms with Gasteiger partial charge < -0.3 is 114 Å². The number of fused-ring (bicyclic) bond motifs is 2. The number of quaternary nitrogens is 1. The van der Waals surface area contributed by atoms with E-state index >= 15 is 0 Å². The zero-order valence-corrected chi connectivity index (χ0v) is 64.9. The molecule has 0 aliphatic heterocycles. The second kappa shape index (κ2) is 63.0. The summed E-state index contributed by atoms with van der Waals surface area (Å²) in [6.07, 6.45) is 4.76. The lowest BCUT2D eigenvalue weighted by Crippen LogP contribution is -3.00. The number of amides is 1. The van der Waals surface area contributed by atoms with Gasteiger partial charge >= 0.3 is 5.63 Å². The van der Waals surface area contributed by atoms with E-state index in [-0.39, 0.29) is 78.5 Å². The Bertz CT molecular complexity index is 2860. The van der Waals surface area contributed by atoms with E-state index in [2.05, 4.69) is 79.7 Å². The molecule has 0 saturated carbocycles. The minimum absolute atomic E-state index is 0. The number of aliphatic imine (C=N–C) groups is 2. The second-order valence-electron chi connectivity index (χ2n) is 23.8. The summed E-state index contributed by atoms with van der Waals surface area (Å²) in [4.78, 5) is 74.0. The number of likely N-dealkylation sites (N-methyl/N-ethyl adjacent to an activating group) is 1. The van der Waals surface area contributed by atoms with E-state index in [0.717, 1.165) is 91.1 Å². The summed E-state index contributed by atoms with van der Waals surface area (Å²) in [7, 11) is 4.40. The Morgan fingerprint density at radius 1 is 0.485 bits per heavy atom. The van der Waals surface area contributed by atoms with Gasteiger partial charge in [-0.2, -0.15) is 0 Å². The molecule has 103 heavy (non-hydrogen) atoms. The van der Waals surface area contributed by atoms with Crippen molar-refractivity contribution < 1.29 is 123 Å². The van der Waals surface area contributed by atoms with Gasteiger partial charge in [-0.3, -0.25) is 24.6 Å². The molecule has 1 aliphatic rings. The first kappa shape index (κ1) is 94.0. The Hall–Kier alpha value is -5.10. The highest BCUT2D eigenvalue weighted by Crippen LogP contribution is 2.28. The van der Waals surface area contributed by atoms with Gasteiger partial charge in [-0.15, -0.1) is 0 Å². The van der Waals surface area contributed by atoms with Crippen LogP contribution in [0.2, 0.25) is 0 Å². The summed E-state index contributed by atoms with van der Waals surface area (Å²) in [6, 6.07) is 16.2. The predicted molar refractivity (Wildman–Crippen MR) is 392 cm³/mol. The average Bonchev–Trinajstić information content (AvgIpc) is 0.808. The molecule has 0 saturated heterocycles. The van der Waals surface area contributed by atoms with E-state index in [1.54, 1.807) is 12.1 Å². The lowest BCUT2D eigenvalue weighted by Gasteiger charge is -2.29. The molecule has 586 valence electrons. The normalized spacial score (nSPS) is 11.9. The Morgan fingerprint density at radius 3 is 1.31 bits per heavy atom. The smallest absolute Gasteiger partial charge is 0.347 e. The van der Waals surface area contributed by atoms with Crippen molar-refractivity contribution in [2.24, 2.45) is 15.8 Å². The summed E-state index contributed by atoms with van der Waals surface area (Å²) in [6.45, 7) is 31.3. The van der Waals surface area contributed by atoms with Gasteiger partial charge in [-0.25, -0.2) is 20.6 Å². The summed E-state index contributed by atoms with van der Waals surface area (Å²) in [5.41, 5.74) is 6.28. The number of benzene rings is 2. The third-order valence-corrected chi connectivity index (χ3v) is 15.7. The fourth-order valence-electron chi connectivity index (χ4n) is 9.90. The number of halogens is 1. The number of hydrogen-bond acceptors (Lipinski definition) is 26. The predicted octanol–water partition coefficient (Wildman–Crippen LogP) is 3.29. The summed E-state index contributed by atoms with van der Waals surface area (Å²) >= 11 is 0. The van der Waals surface area contributed by atoms with Crippen molar-refractivity contribution in [3.05, 3.63) is 75.1 Å². The van der Waals surface area contributed by atoms with Gasteiger partial charge in [-0.05, 0) is 95.0 Å². The molecule has 28 nitrogen and oxygen atoms in total. The maximum Gasteiger partial charge on any atom is 0.347 e. The molecule has 0 fully saturated rings. The molecule has 1 amide bonds. The van der Waals surface area contributed by atoms with Crippen molar-refractivity contribution in [3.63, 3.8) is 0 Å². The molecule has 0 radical (unpaired) electrons. The maximum atomic E-state index is 12.7. The number of ketones is 3. The number of anilines is 2. The van der Waals surface area contributed by atoms with Crippen LogP contribution in [0.4, 0.5) is 11.4 Å². The monoisotopic (exact) mass is 1570 g/mol. The highest BCUT2D eigenvalue weighted by molar-refractivity contribution is 6.25. The maximum absolute atomic E-state index is 12.7. The number of allylic oxidation sites excluding steroid dienone is 1. The van der Waals surface area contributed by atoms with Crippen LogP contribution in [-0.4, -0.2) is 298 Å². The number of hydrazine groups is 1. The molecule has 0 unspecified atom stereocenters. The van der Waals surface area contributed by atoms with Gasteiger partial charge in [0.2, 0.25) is 5.91 Å². The van der Waals surface area contributed by atoms with Crippen LogP contribution < -0.4 is 50.7 Å². The van der Waals surface area contributed by atoms with Crippen LogP contribution in [0, 0.1) is 0 Å². The molecule has 4 rings (SSSR count). The Labute approximate surface area is 628 Å². The van der Waals surface area contributed by atoms with Gasteiger partial charge in [0.25, 0.3) is 0 Å². The molecule has 29 heteroatoms. The summed E-state index contributed by atoms with van der Waals surface area (Å²) in [5, 5.41) is 0.729. The highest BCUT2D eigenvalue weighted by Gasteiger charge is 2.25. The number of carbonyl (C=O) groups is 4. The fraction of sp³-hybridized carbons (Fsp3) is 0.703. The quantitative estimate of drug-likeness (QED) is 0.00783. The number of carbonyl (C=O) groups excluding carboxylic acids is 4. The molecule has 3 aromatic rings. The highest BCUT2D eigenvalue weighted by atomic mass is 127. The Kier molecular flexibility index (Phi) is 57.5. The SMILES string of the molecule is CCN(CC)c1ccc2c(c1)CC(=O)C(C(=O)CCCOCCOCCOCCOCCOCCOCCOCCOCCC(=O)NN)=C2.CCN=C=NCCC[N+](C)(C)CCOCCOCCOCCOCCOCCOCCOCCCC(=O)c1cc2ccc(N(CC)CC)cc2oc1=O.[I-]. The third kappa shape index (κ3) is 45.9. The summed E-state index contributed by atoms with van der Waals surface area (Å²) in [5.74, 6) is 4.22. The molecule has 0 bridgehead atoms. The number of hydrogen-bond donors (Lipinski definition) is 2. The second-order valence-corrected chi connectivity index (χ2v) is 23.8. The molecule has 1 aliphatic carbocycles. The van der Waals surface area contributed by atoms with Crippen LogP contribution in [0.15, 0.2) is 67.2 Å². The van der Waals surface area contributed by atoms with Crippen molar-refractivity contribution in [1.29, 1.82) is 0 Å². The number of rotatable bonds is 66. The van der Waals surface area contributed by atoms with Gasteiger partial charge in [-0.1, -0.05) is 6.07 Å². The van der Waals surface area contributed by atoms with Gasteiger partial charge in [0.05, 0.1) is 230 Å². The van der Waals surface area contributed by atoms with Crippen molar-refractivity contribution in [3.8, 4) is 0 Å². The first-order valence-electron chi connectivity index (χ1n) is 36.4. The minimum Gasteiger partial charge on any atom is -1.00 e. The van der Waals surface area contributed by atoms with E-state index < -0.39 is 5.63 Å².